The van der Waals surface area contributed by atoms with E-state index in [1.807, 2.05) is 70.1 Å². The lowest BCUT2D eigenvalue weighted by molar-refractivity contribution is 0.0721. The van der Waals surface area contributed by atoms with E-state index in [1.165, 1.54) is 0 Å². The monoisotopic (exact) mass is 349 g/mol. The fourth-order valence-electron chi connectivity index (χ4n) is 3.58. The smallest absolute Gasteiger partial charge is 0.254 e. The van der Waals surface area contributed by atoms with Crippen LogP contribution in [0.25, 0.3) is 0 Å². The molecule has 6 nitrogen and oxygen atoms in total. The molecule has 1 aromatic carbocycles. The molecular formula is C20H23N5O. The van der Waals surface area contributed by atoms with Crippen molar-refractivity contribution < 1.29 is 4.79 Å². The molecule has 3 aromatic rings. The van der Waals surface area contributed by atoms with Gasteiger partial charge in [-0.15, -0.1) is 0 Å². The zero-order valence-electron chi connectivity index (χ0n) is 15.0. The number of likely N-dealkylation sites (tertiary alicyclic amines) is 1. The van der Waals surface area contributed by atoms with Crippen LogP contribution in [0.3, 0.4) is 0 Å². The van der Waals surface area contributed by atoms with Gasteiger partial charge in [0.15, 0.2) is 0 Å². The van der Waals surface area contributed by atoms with Gasteiger partial charge in [0.05, 0.1) is 25.3 Å². The van der Waals surface area contributed by atoms with Crippen molar-refractivity contribution in [1.82, 2.24) is 24.5 Å². The second-order valence-electron chi connectivity index (χ2n) is 6.93. The number of aromatic nitrogens is 4. The summed E-state index contributed by atoms with van der Waals surface area (Å²) in [5, 5.41) is 8.58. The first-order valence-electron chi connectivity index (χ1n) is 9.05. The summed E-state index contributed by atoms with van der Waals surface area (Å²) in [7, 11) is 0. The topological polar surface area (TPSA) is 56.0 Å². The second kappa shape index (κ2) is 7.15. The van der Waals surface area contributed by atoms with E-state index in [0.29, 0.717) is 6.54 Å². The van der Waals surface area contributed by atoms with Gasteiger partial charge in [0.25, 0.3) is 5.91 Å². The summed E-state index contributed by atoms with van der Waals surface area (Å²) in [6, 6.07) is 9.99. The lowest BCUT2D eigenvalue weighted by atomic mass is 10.1. The van der Waals surface area contributed by atoms with Crippen LogP contribution in [-0.4, -0.2) is 43.0 Å². The Morgan fingerprint density at radius 2 is 2.04 bits per heavy atom. The predicted molar refractivity (Wildman–Crippen MR) is 98.8 cm³/mol. The number of benzene rings is 1. The molecule has 1 saturated heterocycles. The van der Waals surface area contributed by atoms with Crippen LogP contribution in [0, 0.1) is 6.92 Å². The molecular weight excluding hydrogens is 326 g/mol. The SMILES string of the molecule is Cc1cnn(C[C@@H]2CCCN2C(=O)c2ccc(Cn3cccn3)cc2)c1. The van der Waals surface area contributed by atoms with Gasteiger partial charge in [-0.05, 0) is 49.1 Å². The van der Waals surface area contributed by atoms with Crippen molar-refractivity contribution in [3.8, 4) is 0 Å². The summed E-state index contributed by atoms with van der Waals surface area (Å²) in [5.74, 6) is 0.113. The maximum Gasteiger partial charge on any atom is 0.254 e. The highest BCUT2D eigenvalue weighted by molar-refractivity contribution is 5.94. The van der Waals surface area contributed by atoms with Gasteiger partial charge in [0, 0.05) is 30.7 Å². The lowest BCUT2D eigenvalue weighted by Crippen LogP contribution is -2.38. The maximum absolute atomic E-state index is 13.0. The van der Waals surface area contributed by atoms with E-state index < -0.39 is 0 Å². The lowest BCUT2D eigenvalue weighted by Gasteiger charge is -2.25. The first kappa shape index (κ1) is 16.6. The molecule has 1 aliphatic rings. The molecule has 26 heavy (non-hydrogen) atoms. The molecule has 134 valence electrons. The first-order valence-corrected chi connectivity index (χ1v) is 9.05. The summed E-state index contributed by atoms with van der Waals surface area (Å²) in [4.78, 5) is 15.0. The number of aryl methyl sites for hydroxylation is 1. The summed E-state index contributed by atoms with van der Waals surface area (Å²) in [6.07, 6.45) is 9.68. The zero-order chi connectivity index (χ0) is 17.9. The van der Waals surface area contributed by atoms with Crippen molar-refractivity contribution in [2.24, 2.45) is 0 Å². The third kappa shape index (κ3) is 3.54. The number of hydrogen-bond acceptors (Lipinski definition) is 3. The van der Waals surface area contributed by atoms with Crippen LogP contribution in [0.15, 0.2) is 55.1 Å². The highest BCUT2D eigenvalue weighted by Gasteiger charge is 2.29. The standard InChI is InChI=1S/C20H23N5O/c1-16-12-22-24(13-16)15-19-4-2-11-25(19)20(26)18-7-5-17(6-8-18)14-23-10-3-9-21-23/h3,5-10,12-13,19H,2,4,11,14-15H2,1H3/t19-/m0/s1. The summed E-state index contributed by atoms with van der Waals surface area (Å²) in [5.41, 5.74) is 3.03. The van der Waals surface area contributed by atoms with Gasteiger partial charge < -0.3 is 4.90 Å². The van der Waals surface area contributed by atoms with E-state index in [0.717, 1.165) is 42.6 Å². The molecule has 0 saturated carbocycles. The Bertz CT molecular complexity index is 866. The second-order valence-corrected chi connectivity index (χ2v) is 6.93. The number of hydrogen-bond donors (Lipinski definition) is 0. The van der Waals surface area contributed by atoms with E-state index in [2.05, 4.69) is 10.2 Å². The predicted octanol–water partition coefficient (Wildman–Crippen LogP) is 2.74. The zero-order valence-corrected chi connectivity index (χ0v) is 15.0. The minimum absolute atomic E-state index is 0.113. The van der Waals surface area contributed by atoms with Gasteiger partial charge in [-0.1, -0.05) is 12.1 Å². The fraction of sp³-hybridized carbons (Fsp3) is 0.350. The number of carbonyl (C=O) groups excluding carboxylic acids is 1. The van der Waals surface area contributed by atoms with Gasteiger partial charge in [0.2, 0.25) is 0 Å². The molecule has 6 heteroatoms. The summed E-state index contributed by atoms with van der Waals surface area (Å²) in [6.45, 7) is 4.33. The van der Waals surface area contributed by atoms with E-state index in [9.17, 15) is 4.79 Å². The fourth-order valence-corrected chi connectivity index (χ4v) is 3.58. The van der Waals surface area contributed by atoms with Crippen LogP contribution in [0.1, 0.15) is 34.3 Å². The first-order chi connectivity index (χ1) is 12.7. The quantitative estimate of drug-likeness (QED) is 0.712. The molecule has 0 unspecified atom stereocenters. The maximum atomic E-state index is 13.0. The number of nitrogens with zero attached hydrogens (tertiary/aromatic N) is 5. The highest BCUT2D eigenvalue weighted by Crippen LogP contribution is 2.22. The molecule has 0 spiro atoms. The third-order valence-corrected chi connectivity index (χ3v) is 4.90. The van der Waals surface area contributed by atoms with Crippen molar-refractivity contribution in [2.75, 3.05) is 6.54 Å². The van der Waals surface area contributed by atoms with Gasteiger partial charge in [-0.2, -0.15) is 10.2 Å². The summed E-state index contributed by atoms with van der Waals surface area (Å²) < 4.78 is 3.82. The Hall–Kier alpha value is -2.89. The molecule has 1 fully saturated rings. The molecule has 1 amide bonds. The van der Waals surface area contributed by atoms with E-state index in [-0.39, 0.29) is 11.9 Å². The summed E-state index contributed by atoms with van der Waals surface area (Å²) >= 11 is 0. The highest BCUT2D eigenvalue weighted by atomic mass is 16.2. The minimum atomic E-state index is 0.113. The van der Waals surface area contributed by atoms with Crippen molar-refractivity contribution in [2.45, 2.75) is 38.9 Å². The van der Waals surface area contributed by atoms with Gasteiger partial charge in [-0.25, -0.2) is 0 Å². The molecule has 2 aromatic heterocycles. The van der Waals surface area contributed by atoms with Crippen molar-refractivity contribution in [3.63, 3.8) is 0 Å². The normalized spacial score (nSPS) is 17.0. The van der Waals surface area contributed by atoms with E-state index in [4.69, 9.17) is 0 Å². The van der Waals surface area contributed by atoms with Gasteiger partial charge in [-0.3, -0.25) is 14.2 Å². The van der Waals surface area contributed by atoms with Crippen molar-refractivity contribution >= 4 is 5.91 Å². The molecule has 3 heterocycles. The Morgan fingerprint density at radius 3 is 2.73 bits per heavy atom. The average molecular weight is 349 g/mol. The van der Waals surface area contributed by atoms with Gasteiger partial charge in [0.1, 0.15) is 0 Å². The van der Waals surface area contributed by atoms with Crippen LogP contribution >= 0.6 is 0 Å². The van der Waals surface area contributed by atoms with Crippen LogP contribution in [-0.2, 0) is 13.1 Å². The van der Waals surface area contributed by atoms with Crippen LogP contribution < -0.4 is 0 Å². The molecule has 1 atom stereocenters. The molecule has 4 rings (SSSR count). The van der Waals surface area contributed by atoms with Crippen molar-refractivity contribution in [1.29, 1.82) is 0 Å². The molecule has 0 radical (unpaired) electrons. The van der Waals surface area contributed by atoms with E-state index >= 15 is 0 Å². The molecule has 0 bridgehead atoms. The number of amides is 1. The minimum Gasteiger partial charge on any atom is -0.334 e. The van der Waals surface area contributed by atoms with Crippen LogP contribution in [0.4, 0.5) is 0 Å². The molecule has 1 aliphatic heterocycles. The largest absolute Gasteiger partial charge is 0.334 e. The Kier molecular flexibility index (Phi) is 4.56. The van der Waals surface area contributed by atoms with Crippen LogP contribution in [0.5, 0.6) is 0 Å². The Morgan fingerprint density at radius 1 is 1.19 bits per heavy atom. The average Bonchev–Trinajstić information content (AvgIpc) is 3.38. The Labute approximate surface area is 153 Å². The van der Waals surface area contributed by atoms with Gasteiger partial charge >= 0.3 is 0 Å². The number of rotatable bonds is 5. The Balaban J connectivity index is 1.44. The third-order valence-electron chi connectivity index (χ3n) is 4.90. The van der Waals surface area contributed by atoms with E-state index in [1.54, 1.807) is 6.20 Å². The van der Waals surface area contributed by atoms with Crippen molar-refractivity contribution in [3.05, 3.63) is 71.8 Å². The number of carbonyl (C=O) groups is 1. The van der Waals surface area contributed by atoms with Crippen LogP contribution in [0.2, 0.25) is 0 Å². The molecule has 0 aliphatic carbocycles. The molecule has 0 N–H and O–H groups in total.